The van der Waals surface area contributed by atoms with Crippen LogP contribution >= 0.6 is 0 Å². The Hall–Kier alpha value is -2.79. The van der Waals surface area contributed by atoms with E-state index in [1.54, 1.807) is 13.8 Å². The molecule has 11 heteroatoms. The summed E-state index contributed by atoms with van der Waals surface area (Å²) in [4.78, 5) is 33.0. The van der Waals surface area contributed by atoms with Crippen molar-refractivity contribution in [2.24, 2.45) is 5.92 Å². The van der Waals surface area contributed by atoms with Crippen LogP contribution in [0.4, 0.5) is 5.69 Å². The molecule has 1 aromatic carbocycles. The molecule has 2 rings (SSSR count). The van der Waals surface area contributed by atoms with Crippen molar-refractivity contribution < 1.29 is 33.1 Å². The van der Waals surface area contributed by atoms with Crippen LogP contribution in [0.2, 0.25) is 0 Å². The predicted octanol–water partition coefficient (Wildman–Crippen LogP) is 1.57. The van der Waals surface area contributed by atoms with E-state index < -0.39 is 38.2 Å². The molecular weight excluding hydrogens is 392 g/mol. The second-order valence-corrected chi connectivity index (χ2v) is 8.20. The lowest BCUT2D eigenvalue weighted by atomic mass is 9.74. The topological polar surface area (TPSA) is 164 Å². The molecule has 0 aliphatic carbocycles. The Morgan fingerprint density at radius 1 is 1.18 bits per heavy atom. The summed E-state index contributed by atoms with van der Waals surface area (Å²) in [5.41, 5.74) is -2.33. The first kappa shape index (κ1) is 21.5. The molecular formula is C17H20N2O8S. The summed E-state index contributed by atoms with van der Waals surface area (Å²) >= 11 is 0. The van der Waals surface area contributed by atoms with Crippen molar-refractivity contribution in [3.05, 3.63) is 44.9 Å². The van der Waals surface area contributed by atoms with Crippen LogP contribution < -0.4 is 5.32 Å². The summed E-state index contributed by atoms with van der Waals surface area (Å²) in [6.45, 7) is 3.25. The molecule has 1 aromatic rings. The maximum Gasteiger partial charge on any atom is 0.336 e. The van der Waals surface area contributed by atoms with Crippen LogP contribution in [0.5, 0.6) is 0 Å². The number of nitrogens with one attached hydrogen (secondary N) is 1. The lowest BCUT2D eigenvalue weighted by molar-refractivity contribution is -0.384. The molecule has 0 bridgehead atoms. The molecule has 0 radical (unpaired) electrons. The van der Waals surface area contributed by atoms with E-state index in [2.05, 4.69) is 5.32 Å². The third kappa shape index (κ3) is 3.27. The number of carbonyl (C=O) groups is 2. The molecule has 0 amide bonds. The van der Waals surface area contributed by atoms with Gasteiger partial charge in [0.25, 0.3) is 5.69 Å². The number of carboxylic acid groups (broad SMARTS) is 2. The molecule has 1 fully saturated rings. The highest BCUT2D eigenvalue weighted by Gasteiger charge is 2.62. The fourth-order valence-electron chi connectivity index (χ4n) is 3.33. The number of nitro benzene ring substituents is 1. The minimum atomic E-state index is -4.27. The Balaban J connectivity index is 2.68. The van der Waals surface area contributed by atoms with Crippen molar-refractivity contribution in [2.45, 2.75) is 37.1 Å². The summed E-state index contributed by atoms with van der Waals surface area (Å²) in [6.07, 6.45) is 0.563. The van der Waals surface area contributed by atoms with Crippen LogP contribution in [0, 0.1) is 16.0 Å². The van der Waals surface area contributed by atoms with E-state index >= 15 is 0 Å². The minimum Gasteiger partial charge on any atom is -0.479 e. The highest BCUT2D eigenvalue weighted by Crippen LogP contribution is 2.41. The number of sulfone groups is 1. The van der Waals surface area contributed by atoms with Crippen molar-refractivity contribution in [1.29, 1.82) is 0 Å². The molecule has 1 atom stereocenters. The predicted molar refractivity (Wildman–Crippen MR) is 97.4 cm³/mol. The van der Waals surface area contributed by atoms with Crippen LogP contribution in [0.1, 0.15) is 26.7 Å². The largest absolute Gasteiger partial charge is 0.479 e. The fourth-order valence-corrected chi connectivity index (χ4v) is 5.39. The maximum absolute atomic E-state index is 13.3. The number of hydrogen-bond acceptors (Lipinski definition) is 7. The molecule has 0 aromatic heterocycles. The number of benzene rings is 1. The Labute approximate surface area is 160 Å². The first-order valence-corrected chi connectivity index (χ1v) is 9.95. The number of non-ortho nitro benzene ring substituents is 1. The zero-order chi connectivity index (χ0) is 21.3. The number of rotatable bonds is 8. The Morgan fingerprint density at radius 3 is 2.00 bits per heavy atom. The Bertz CT molecular complexity index is 930. The van der Waals surface area contributed by atoms with Crippen molar-refractivity contribution in [3.8, 4) is 0 Å². The molecule has 0 spiro atoms. The normalized spacial score (nSPS) is 18.0. The zero-order valence-corrected chi connectivity index (χ0v) is 16.0. The Morgan fingerprint density at radius 2 is 1.68 bits per heavy atom. The first-order chi connectivity index (χ1) is 13.0. The smallest absolute Gasteiger partial charge is 0.336 e. The Kier molecular flexibility index (Phi) is 5.90. The lowest BCUT2D eigenvalue weighted by Gasteiger charge is -2.45. The van der Waals surface area contributed by atoms with Crippen LogP contribution in [-0.2, 0) is 19.4 Å². The number of carboxylic acids is 2. The molecule has 1 saturated heterocycles. The third-order valence-corrected chi connectivity index (χ3v) is 6.99. The molecule has 1 aliphatic heterocycles. The van der Waals surface area contributed by atoms with Gasteiger partial charge in [0.2, 0.25) is 15.4 Å². The summed E-state index contributed by atoms with van der Waals surface area (Å²) in [5, 5.41) is 32.2. The van der Waals surface area contributed by atoms with E-state index in [4.69, 9.17) is 0 Å². The van der Waals surface area contributed by atoms with Crippen molar-refractivity contribution in [1.82, 2.24) is 5.32 Å². The number of nitrogens with zero attached hydrogens (tertiary/aromatic N) is 1. The molecule has 3 N–H and O–H groups in total. The van der Waals surface area contributed by atoms with E-state index in [-0.39, 0.29) is 34.9 Å². The molecule has 0 saturated carbocycles. The number of aliphatic carboxylic acids is 2. The van der Waals surface area contributed by atoms with Crippen molar-refractivity contribution >= 4 is 27.5 Å². The molecule has 1 heterocycles. The lowest BCUT2D eigenvalue weighted by Crippen LogP contribution is -2.74. The second-order valence-electron chi connectivity index (χ2n) is 6.28. The van der Waals surface area contributed by atoms with E-state index in [1.807, 2.05) is 0 Å². The minimum absolute atomic E-state index is 0.135. The molecule has 28 heavy (non-hydrogen) atoms. The number of hydrogen-bond donors (Lipinski definition) is 3. The van der Waals surface area contributed by atoms with E-state index in [9.17, 15) is 38.3 Å². The van der Waals surface area contributed by atoms with Crippen molar-refractivity contribution in [3.63, 3.8) is 0 Å². The fraction of sp³-hybridized carbons (Fsp3) is 0.412. The standard InChI is InChI=1S/C17H20N2O8S/c1-3-10(4-2)14(13-9-18-17(13,15(20)21)16(22)23)28(26,27)12-7-5-11(6-8-12)19(24)25/h5-8,13,18H,3-4,9H2,1-2H3,(H,20,21)(H,22,23). The quantitative estimate of drug-likeness (QED) is 0.326. The number of nitro groups is 1. The zero-order valence-electron chi connectivity index (χ0n) is 15.2. The van der Waals surface area contributed by atoms with Gasteiger partial charge in [0, 0.05) is 24.6 Å². The highest BCUT2D eigenvalue weighted by molar-refractivity contribution is 7.95. The van der Waals surface area contributed by atoms with Gasteiger partial charge in [-0.2, -0.15) is 0 Å². The first-order valence-electron chi connectivity index (χ1n) is 8.47. The van der Waals surface area contributed by atoms with Gasteiger partial charge in [-0.1, -0.05) is 19.4 Å². The van der Waals surface area contributed by atoms with Gasteiger partial charge in [0.15, 0.2) is 0 Å². The molecule has 1 aliphatic rings. The van der Waals surface area contributed by atoms with Gasteiger partial charge in [-0.15, -0.1) is 0 Å². The molecule has 10 nitrogen and oxygen atoms in total. The van der Waals surface area contributed by atoms with Gasteiger partial charge in [-0.25, -0.2) is 18.0 Å². The van der Waals surface area contributed by atoms with Gasteiger partial charge >= 0.3 is 11.9 Å². The van der Waals surface area contributed by atoms with Crippen molar-refractivity contribution in [2.75, 3.05) is 6.54 Å². The van der Waals surface area contributed by atoms with Crippen LogP contribution in [-0.4, -0.2) is 47.6 Å². The molecule has 152 valence electrons. The van der Waals surface area contributed by atoms with Gasteiger partial charge in [-0.3, -0.25) is 15.4 Å². The number of allylic oxidation sites excluding steroid dienone is 1. The maximum atomic E-state index is 13.3. The van der Waals surface area contributed by atoms with Crippen LogP contribution in [0.25, 0.3) is 0 Å². The van der Waals surface area contributed by atoms with Crippen LogP contribution in [0.15, 0.2) is 39.6 Å². The van der Waals surface area contributed by atoms with Gasteiger partial charge in [-0.05, 0) is 25.0 Å². The summed E-state index contributed by atoms with van der Waals surface area (Å²) in [6, 6.07) is 4.18. The average molecular weight is 412 g/mol. The second kappa shape index (κ2) is 7.68. The molecule has 1 unspecified atom stereocenters. The van der Waals surface area contributed by atoms with Gasteiger partial charge < -0.3 is 10.2 Å². The summed E-state index contributed by atoms with van der Waals surface area (Å²) in [5.74, 6) is -4.67. The SMILES string of the molecule is CCC(CC)=C(C1CNC1(C(=O)O)C(=O)O)S(=O)(=O)c1ccc([N+](=O)[O-])cc1. The summed E-state index contributed by atoms with van der Waals surface area (Å²) in [7, 11) is -4.27. The monoisotopic (exact) mass is 412 g/mol. The van der Waals surface area contributed by atoms with Crippen LogP contribution in [0.3, 0.4) is 0 Å². The van der Waals surface area contributed by atoms with E-state index in [1.165, 1.54) is 0 Å². The summed E-state index contributed by atoms with van der Waals surface area (Å²) < 4.78 is 26.6. The van der Waals surface area contributed by atoms with E-state index in [0.717, 1.165) is 24.3 Å². The van der Waals surface area contributed by atoms with Gasteiger partial charge in [0.1, 0.15) is 0 Å². The highest BCUT2D eigenvalue weighted by atomic mass is 32.2. The van der Waals surface area contributed by atoms with Gasteiger partial charge in [0.05, 0.1) is 14.7 Å². The third-order valence-electron chi connectivity index (χ3n) is 4.95. The average Bonchev–Trinajstić information content (AvgIpc) is 2.60. The van der Waals surface area contributed by atoms with E-state index in [0.29, 0.717) is 5.57 Å².